The standard InChI is InChI=1S/C14H17FN2O3/c1-8-5-10(16)6-11(12(8)15)13(18)17-4-3-9(7-17)14(19)20-2/h5-6,9H,3-4,7,16H2,1-2H3. The SMILES string of the molecule is COC(=O)C1CCN(C(=O)c2cc(N)cc(C)c2F)C1. The van der Waals surface area contributed by atoms with Gasteiger partial charge in [0.2, 0.25) is 0 Å². The summed E-state index contributed by atoms with van der Waals surface area (Å²) < 4.78 is 18.7. The summed E-state index contributed by atoms with van der Waals surface area (Å²) in [7, 11) is 1.31. The van der Waals surface area contributed by atoms with Gasteiger partial charge in [0, 0.05) is 18.8 Å². The molecule has 108 valence electrons. The minimum absolute atomic E-state index is 0.0481. The van der Waals surface area contributed by atoms with E-state index >= 15 is 0 Å². The average molecular weight is 280 g/mol. The highest BCUT2D eigenvalue weighted by molar-refractivity contribution is 5.96. The summed E-state index contributed by atoms with van der Waals surface area (Å²) >= 11 is 0. The number of likely N-dealkylation sites (tertiary alicyclic amines) is 1. The van der Waals surface area contributed by atoms with Crippen LogP contribution in [0.2, 0.25) is 0 Å². The van der Waals surface area contributed by atoms with Gasteiger partial charge in [-0.05, 0) is 31.0 Å². The van der Waals surface area contributed by atoms with E-state index in [4.69, 9.17) is 5.73 Å². The monoisotopic (exact) mass is 280 g/mol. The number of rotatable bonds is 2. The molecule has 1 aromatic rings. The molecule has 20 heavy (non-hydrogen) atoms. The molecule has 2 rings (SSSR count). The van der Waals surface area contributed by atoms with Crippen molar-refractivity contribution < 1.29 is 18.7 Å². The quantitative estimate of drug-likeness (QED) is 0.655. The van der Waals surface area contributed by atoms with Gasteiger partial charge in [-0.1, -0.05) is 0 Å². The Labute approximate surface area is 116 Å². The maximum Gasteiger partial charge on any atom is 0.310 e. The minimum Gasteiger partial charge on any atom is -0.469 e. The maximum atomic E-state index is 14.0. The first-order valence-electron chi connectivity index (χ1n) is 6.36. The molecule has 0 spiro atoms. The van der Waals surface area contributed by atoms with E-state index in [-0.39, 0.29) is 24.0 Å². The van der Waals surface area contributed by atoms with Gasteiger partial charge < -0.3 is 15.4 Å². The van der Waals surface area contributed by atoms with Crippen LogP contribution in [0.4, 0.5) is 10.1 Å². The number of amides is 1. The van der Waals surface area contributed by atoms with E-state index in [2.05, 4.69) is 4.74 Å². The Bertz CT molecular complexity index is 560. The molecule has 5 nitrogen and oxygen atoms in total. The lowest BCUT2D eigenvalue weighted by Gasteiger charge is -2.17. The Hall–Kier alpha value is -2.11. The van der Waals surface area contributed by atoms with E-state index in [1.165, 1.54) is 24.1 Å². The molecule has 0 aliphatic carbocycles. The van der Waals surface area contributed by atoms with Crippen molar-refractivity contribution in [3.8, 4) is 0 Å². The van der Waals surface area contributed by atoms with Crippen molar-refractivity contribution in [3.63, 3.8) is 0 Å². The van der Waals surface area contributed by atoms with Gasteiger partial charge in [0.25, 0.3) is 5.91 Å². The van der Waals surface area contributed by atoms with Gasteiger partial charge in [0.1, 0.15) is 5.82 Å². The number of esters is 1. The van der Waals surface area contributed by atoms with E-state index in [0.717, 1.165) is 0 Å². The topological polar surface area (TPSA) is 72.6 Å². The number of ether oxygens (including phenoxy) is 1. The lowest BCUT2D eigenvalue weighted by molar-refractivity contribution is -0.144. The Morgan fingerprint density at radius 2 is 2.15 bits per heavy atom. The predicted octanol–water partition coefficient (Wildman–Crippen LogP) is 1.35. The molecule has 1 amide bonds. The van der Waals surface area contributed by atoms with Crippen molar-refractivity contribution >= 4 is 17.6 Å². The largest absolute Gasteiger partial charge is 0.469 e. The number of methoxy groups -OCH3 is 1. The molecule has 1 aromatic carbocycles. The van der Waals surface area contributed by atoms with Crippen LogP contribution in [0.1, 0.15) is 22.3 Å². The van der Waals surface area contributed by atoms with Crippen LogP contribution in [0, 0.1) is 18.7 Å². The fourth-order valence-electron chi connectivity index (χ4n) is 2.43. The summed E-state index contributed by atoms with van der Waals surface area (Å²) in [6.45, 7) is 2.22. The second-order valence-electron chi connectivity index (χ2n) is 4.96. The van der Waals surface area contributed by atoms with E-state index < -0.39 is 11.7 Å². The molecule has 1 atom stereocenters. The van der Waals surface area contributed by atoms with Crippen LogP contribution in [0.15, 0.2) is 12.1 Å². The van der Waals surface area contributed by atoms with Crippen LogP contribution >= 0.6 is 0 Å². The Kier molecular flexibility index (Phi) is 3.92. The fourth-order valence-corrected chi connectivity index (χ4v) is 2.43. The molecule has 1 heterocycles. The van der Waals surface area contributed by atoms with Crippen molar-refractivity contribution in [2.24, 2.45) is 5.92 Å². The number of anilines is 1. The van der Waals surface area contributed by atoms with Crippen LogP contribution < -0.4 is 5.73 Å². The van der Waals surface area contributed by atoms with E-state index in [9.17, 15) is 14.0 Å². The van der Waals surface area contributed by atoms with Crippen molar-refractivity contribution in [2.75, 3.05) is 25.9 Å². The number of carbonyl (C=O) groups is 2. The van der Waals surface area contributed by atoms with Gasteiger partial charge in [-0.25, -0.2) is 4.39 Å². The second kappa shape index (κ2) is 5.48. The fraction of sp³-hybridized carbons (Fsp3) is 0.429. The second-order valence-corrected chi connectivity index (χ2v) is 4.96. The number of carbonyl (C=O) groups excluding carboxylic acids is 2. The molecule has 1 aliphatic heterocycles. The zero-order valence-corrected chi connectivity index (χ0v) is 11.5. The highest BCUT2D eigenvalue weighted by Gasteiger charge is 2.33. The van der Waals surface area contributed by atoms with Crippen LogP contribution in [0.5, 0.6) is 0 Å². The van der Waals surface area contributed by atoms with Gasteiger partial charge >= 0.3 is 5.97 Å². The third-order valence-electron chi connectivity index (χ3n) is 3.52. The molecule has 0 radical (unpaired) electrons. The van der Waals surface area contributed by atoms with Crippen molar-refractivity contribution in [2.45, 2.75) is 13.3 Å². The molecular weight excluding hydrogens is 263 g/mol. The lowest BCUT2D eigenvalue weighted by atomic mass is 10.1. The van der Waals surface area contributed by atoms with Crippen LogP contribution in [0.25, 0.3) is 0 Å². The number of aryl methyl sites for hydroxylation is 1. The van der Waals surface area contributed by atoms with Crippen LogP contribution in [-0.4, -0.2) is 37.0 Å². The Balaban J connectivity index is 2.19. The summed E-state index contributed by atoms with van der Waals surface area (Å²) in [5.74, 6) is -1.69. The van der Waals surface area contributed by atoms with Gasteiger partial charge in [-0.15, -0.1) is 0 Å². The summed E-state index contributed by atoms with van der Waals surface area (Å²) in [6.07, 6.45) is 0.529. The molecule has 1 saturated heterocycles. The summed E-state index contributed by atoms with van der Waals surface area (Å²) in [6, 6.07) is 2.81. The number of nitrogen functional groups attached to an aromatic ring is 1. The van der Waals surface area contributed by atoms with Crippen LogP contribution in [-0.2, 0) is 9.53 Å². The van der Waals surface area contributed by atoms with Gasteiger partial charge in [0.05, 0.1) is 18.6 Å². The zero-order valence-electron chi connectivity index (χ0n) is 11.5. The van der Waals surface area contributed by atoms with Gasteiger partial charge in [-0.3, -0.25) is 9.59 Å². The number of nitrogens with two attached hydrogens (primary N) is 1. The van der Waals surface area contributed by atoms with Crippen molar-refractivity contribution in [1.82, 2.24) is 4.90 Å². The van der Waals surface area contributed by atoms with E-state index in [1.807, 2.05) is 0 Å². The lowest BCUT2D eigenvalue weighted by Crippen LogP contribution is -2.31. The van der Waals surface area contributed by atoms with Gasteiger partial charge in [0.15, 0.2) is 0 Å². The first kappa shape index (κ1) is 14.3. The molecule has 2 N–H and O–H groups in total. The highest BCUT2D eigenvalue weighted by Crippen LogP contribution is 2.23. The maximum absolute atomic E-state index is 14.0. The minimum atomic E-state index is -0.564. The normalized spacial score (nSPS) is 18.1. The molecule has 0 saturated carbocycles. The Morgan fingerprint density at radius 1 is 1.45 bits per heavy atom. The van der Waals surface area contributed by atoms with E-state index in [0.29, 0.717) is 24.2 Å². The number of hydrogen-bond donors (Lipinski definition) is 1. The molecule has 1 fully saturated rings. The average Bonchev–Trinajstić information content (AvgIpc) is 2.90. The first-order valence-corrected chi connectivity index (χ1v) is 6.36. The molecule has 1 aliphatic rings. The third kappa shape index (κ3) is 2.59. The summed E-state index contributed by atoms with van der Waals surface area (Å²) in [5.41, 5.74) is 6.28. The highest BCUT2D eigenvalue weighted by atomic mass is 19.1. The van der Waals surface area contributed by atoms with E-state index in [1.54, 1.807) is 6.92 Å². The summed E-state index contributed by atoms with van der Waals surface area (Å²) in [4.78, 5) is 25.2. The number of nitrogens with zero attached hydrogens (tertiary/aromatic N) is 1. The molecule has 0 bridgehead atoms. The molecule has 6 heteroatoms. The molecule has 1 unspecified atom stereocenters. The predicted molar refractivity (Wildman–Crippen MR) is 71.6 cm³/mol. The van der Waals surface area contributed by atoms with Gasteiger partial charge in [-0.2, -0.15) is 0 Å². The summed E-state index contributed by atoms with van der Waals surface area (Å²) in [5, 5.41) is 0. The Morgan fingerprint density at radius 3 is 2.80 bits per heavy atom. The smallest absolute Gasteiger partial charge is 0.310 e. The third-order valence-corrected chi connectivity index (χ3v) is 3.52. The molecule has 0 aromatic heterocycles. The zero-order chi connectivity index (χ0) is 14.9. The number of halogens is 1. The molecular formula is C14H17FN2O3. The van der Waals surface area contributed by atoms with Crippen molar-refractivity contribution in [1.29, 1.82) is 0 Å². The number of hydrogen-bond acceptors (Lipinski definition) is 4. The van der Waals surface area contributed by atoms with Crippen LogP contribution in [0.3, 0.4) is 0 Å². The number of benzene rings is 1. The first-order chi connectivity index (χ1) is 9.43. The van der Waals surface area contributed by atoms with Crippen molar-refractivity contribution in [3.05, 3.63) is 29.1 Å².